The second kappa shape index (κ2) is 8.11. The zero-order chi connectivity index (χ0) is 18.4. The van der Waals surface area contributed by atoms with E-state index in [0.717, 1.165) is 5.56 Å². The lowest BCUT2D eigenvalue weighted by molar-refractivity contribution is -0.119. The molecule has 1 amide bonds. The van der Waals surface area contributed by atoms with Crippen molar-refractivity contribution in [3.05, 3.63) is 84.3 Å². The van der Waals surface area contributed by atoms with Crippen molar-refractivity contribution in [2.24, 2.45) is 0 Å². The zero-order valence-corrected chi connectivity index (χ0v) is 14.3. The maximum Gasteiger partial charge on any atom is 0.340 e. The Bertz CT molecular complexity index is 859. The zero-order valence-electron chi connectivity index (χ0n) is 14.3. The molecule has 3 rings (SSSR count). The smallest absolute Gasteiger partial charge is 0.340 e. The number of hydrogen-bond donors (Lipinski definition) is 1. The molecule has 6 heteroatoms. The van der Waals surface area contributed by atoms with E-state index >= 15 is 0 Å². The number of aromatic nitrogens is 2. The largest absolute Gasteiger partial charge is 0.452 e. The van der Waals surface area contributed by atoms with Gasteiger partial charge in [-0.1, -0.05) is 30.3 Å². The van der Waals surface area contributed by atoms with Gasteiger partial charge in [-0.3, -0.25) is 4.79 Å². The van der Waals surface area contributed by atoms with Crippen molar-refractivity contribution in [2.45, 2.75) is 13.0 Å². The first-order valence-electron chi connectivity index (χ1n) is 8.23. The third-order valence-electron chi connectivity index (χ3n) is 3.81. The van der Waals surface area contributed by atoms with Crippen LogP contribution in [0.15, 0.2) is 73.2 Å². The van der Waals surface area contributed by atoms with Gasteiger partial charge in [0.1, 0.15) is 11.9 Å². The van der Waals surface area contributed by atoms with Crippen molar-refractivity contribution in [2.75, 3.05) is 6.54 Å². The molecular weight excluding hydrogens is 330 g/mol. The molecule has 2 heterocycles. The molecule has 1 atom stereocenters. The highest BCUT2D eigenvalue weighted by atomic mass is 16.5. The van der Waals surface area contributed by atoms with Crippen LogP contribution in [0.3, 0.4) is 0 Å². The van der Waals surface area contributed by atoms with Gasteiger partial charge < -0.3 is 14.6 Å². The summed E-state index contributed by atoms with van der Waals surface area (Å²) in [6.45, 7) is 1.63. The number of benzene rings is 1. The van der Waals surface area contributed by atoms with Gasteiger partial charge in [0.25, 0.3) is 0 Å². The maximum atomic E-state index is 12.5. The van der Waals surface area contributed by atoms with Crippen LogP contribution >= 0.6 is 0 Å². The van der Waals surface area contributed by atoms with Crippen molar-refractivity contribution in [1.29, 1.82) is 0 Å². The van der Waals surface area contributed by atoms with Crippen molar-refractivity contribution in [3.63, 3.8) is 0 Å². The van der Waals surface area contributed by atoms with Crippen molar-refractivity contribution in [3.8, 4) is 5.82 Å². The first-order chi connectivity index (χ1) is 12.6. The third kappa shape index (κ3) is 4.36. The Hall–Kier alpha value is -3.41. The molecule has 6 nitrogen and oxygen atoms in total. The lowest BCUT2D eigenvalue weighted by Gasteiger charge is -2.18. The average molecular weight is 349 g/mol. The lowest BCUT2D eigenvalue weighted by atomic mass is 10.1. The van der Waals surface area contributed by atoms with Gasteiger partial charge in [-0.25, -0.2) is 9.78 Å². The Morgan fingerprint density at radius 3 is 2.42 bits per heavy atom. The van der Waals surface area contributed by atoms with Gasteiger partial charge in [-0.15, -0.1) is 0 Å². The molecule has 0 saturated heterocycles. The number of hydrogen-bond acceptors (Lipinski definition) is 4. The molecule has 0 fully saturated rings. The van der Waals surface area contributed by atoms with Crippen LogP contribution in [-0.4, -0.2) is 28.0 Å². The first-order valence-corrected chi connectivity index (χ1v) is 8.23. The second-order valence-corrected chi connectivity index (χ2v) is 5.74. The van der Waals surface area contributed by atoms with Crippen LogP contribution in [0.5, 0.6) is 0 Å². The SMILES string of the molecule is CC(=O)NCC(OC(=O)c1ccc(-n2cccc2)nc1)c1ccccc1. The van der Waals surface area contributed by atoms with E-state index in [-0.39, 0.29) is 12.5 Å². The summed E-state index contributed by atoms with van der Waals surface area (Å²) < 4.78 is 7.45. The summed E-state index contributed by atoms with van der Waals surface area (Å²) in [5.74, 6) is 0.0416. The van der Waals surface area contributed by atoms with E-state index in [4.69, 9.17) is 4.74 Å². The number of nitrogens with one attached hydrogen (secondary N) is 1. The van der Waals surface area contributed by atoms with E-state index in [1.165, 1.54) is 13.1 Å². The van der Waals surface area contributed by atoms with Crippen molar-refractivity contribution < 1.29 is 14.3 Å². The third-order valence-corrected chi connectivity index (χ3v) is 3.81. The average Bonchev–Trinajstić information content (AvgIpc) is 3.20. The van der Waals surface area contributed by atoms with Crippen molar-refractivity contribution >= 4 is 11.9 Å². The number of rotatable bonds is 6. The van der Waals surface area contributed by atoms with E-state index in [2.05, 4.69) is 10.3 Å². The molecule has 26 heavy (non-hydrogen) atoms. The molecule has 0 aliphatic carbocycles. The van der Waals surface area contributed by atoms with E-state index < -0.39 is 12.1 Å². The summed E-state index contributed by atoms with van der Waals surface area (Å²) in [4.78, 5) is 28.0. The molecule has 0 saturated carbocycles. The molecule has 0 aliphatic rings. The predicted molar refractivity (Wildman–Crippen MR) is 96.8 cm³/mol. The number of carbonyl (C=O) groups excluding carboxylic acids is 2. The fourth-order valence-corrected chi connectivity index (χ4v) is 2.48. The van der Waals surface area contributed by atoms with Gasteiger partial charge in [0.05, 0.1) is 12.1 Å². The number of esters is 1. The molecule has 132 valence electrons. The van der Waals surface area contributed by atoms with Crippen LogP contribution in [0.25, 0.3) is 5.82 Å². The molecular formula is C20H19N3O3. The monoisotopic (exact) mass is 349 g/mol. The van der Waals surface area contributed by atoms with Gasteiger partial charge in [0.2, 0.25) is 5.91 Å². The molecule has 0 aliphatic heterocycles. The number of amides is 1. The van der Waals surface area contributed by atoms with Gasteiger partial charge in [-0.2, -0.15) is 0 Å². The topological polar surface area (TPSA) is 73.2 Å². The highest BCUT2D eigenvalue weighted by Crippen LogP contribution is 2.19. The summed E-state index contributed by atoms with van der Waals surface area (Å²) in [7, 11) is 0. The van der Waals surface area contributed by atoms with E-state index in [0.29, 0.717) is 11.4 Å². The van der Waals surface area contributed by atoms with Gasteiger partial charge in [0.15, 0.2) is 0 Å². The van der Waals surface area contributed by atoms with Crippen LogP contribution in [-0.2, 0) is 9.53 Å². The number of carbonyl (C=O) groups is 2. The fourth-order valence-electron chi connectivity index (χ4n) is 2.48. The van der Waals surface area contributed by atoms with E-state index in [9.17, 15) is 9.59 Å². The minimum Gasteiger partial charge on any atom is -0.452 e. The summed E-state index contributed by atoms with van der Waals surface area (Å²) in [5, 5.41) is 2.69. The van der Waals surface area contributed by atoms with Gasteiger partial charge in [0, 0.05) is 25.5 Å². The van der Waals surface area contributed by atoms with Gasteiger partial charge >= 0.3 is 5.97 Å². The highest BCUT2D eigenvalue weighted by molar-refractivity contribution is 5.89. The molecule has 3 aromatic rings. The lowest BCUT2D eigenvalue weighted by Crippen LogP contribution is -2.28. The Labute approximate surface area is 151 Å². The first kappa shape index (κ1) is 17.4. The molecule has 0 bridgehead atoms. The number of ether oxygens (including phenoxy) is 1. The normalized spacial score (nSPS) is 11.6. The number of nitrogens with zero attached hydrogens (tertiary/aromatic N) is 2. The minimum absolute atomic E-state index is 0.181. The molecule has 0 spiro atoms. The van der Waals surface area contributed by atoms with Crippen LogP contribution in [0.4, 0.5) is 0 Å². The fraction of sp³-hybridized carbons (Fsp3) is 0.150. The molecule has 1 aromatic carbocycles. The summed E-state index contributed by atoms with van der Waals surface area (Å²) in [6, 6.07) is 16.5. The van der Waals surface area contributed by atoms with Crippen LogP contribution in [0.2, 0.25) is 0 Å². The van der Waals surface area contributed by atoms with Crippen LogP contribution in [0.1, 0.15) is 28.9 Å². The van der Waals surface area contributed by atoms with Gasteiger partial charge in [-0.05, 0) is 29.8 Å². The van der Waals surface area contributed by atoms with E-state index in [1.54, 1.807) is 12.1 Å². The number of pyridine rings is 1. The maximum absolute atomic E-state index is 12.5. The molecule has 1 unspecified atom stereocenters. The minimum atomic E-state index is -0.572. The Morgan fingerprint density at radius 1 is 1.08 bits per heavy atom. The Morgan fingerprint density at radius 2 is 1.81 bits per heavy atom. The molecule has 1 N–H and O–H groups in total. The summed E-state index contributed by atoms with van der Waals surface area (Å²) in [5.41, 5.74) is 1.16. The van der Waals surface area contributed by atoms with Crippen LogP contribution < -0.4 is 5.32 Å². The highest BCUT2D eigenvalue weighted by Gasteiger charge is 2.18. The summed E-state index contributed by atoms with van der Waals surface area (Å²) >= 11 is 0. The second-order valence-electron chi connectivity index (χ2n) is 5.74. The standard InChI is InChI=1S/C20H19N3O3/c1-15(24)21-14-18(16-7-3-2-4-8-16)26-20(25)17-9-10-19(22-13-17)23-11-5-6-12-23/h2-13,18H,14H2,1H3,(H,21,24). The summed E-state index contributed by atoms with van der Waals surface area (Å²) in [6.07, 6.45) is 4.66. The predicted octanol–water partition coefficient (Wildman–Crippen LogP) is 2.91. The van der Waals surface area contributed by atoms with Crippen LogP contribution in [0, 0.1) is 0 Å². The molecule has 0 radical (unpaired) electrons. The van der Waals surface area contributed by atoms with Crippen molar-refractivity contribution in [1.82, 2.24) is 14.9 Å². The van der Waals surface area contributed by atoms with E-state index in [1.807, 2.05) is 59.4 Å². The Kier molecular flexibility index (Phi) is 5.43. The molecule has 2 aromatic heterocycles. The quantitative estimate of drug-likeness (QED) is 0.695. The Balaban J connectivity index is 1.73.